The van der Waals surface area contributed by atoms with Crippen LogP contribution in [0.3, 0.4) is 0 Å². The van der Waals surface area contributed by atoms with Crippen LogP contribution in [0.2, 0.25) is 5.02 Å². The molecule has 134 valence electrons. The first-order valence-electron chi connectivity index (χ1n) is 8.12. The summed E-state index contributed by atoms with van der Waals surface area (Å²) in [5, 5.41) is 5.14. The highest BCUT2D eigenvalue weighted by Crippen LogP contribution is 2.36. The lowest BCUT2D eigenvalue weighted by Crippen LogP contribution is -2.12. The number of nitrogens with zero attached hydrogens (tertiary/aromatic N) is 2. The van der Waals surface area contributed by atoms with Crippen LogP contribution < -0.4 is 5.32 Å². The van der Waals surface area contributed by atoms with Gasteiger partial charge in [-0.15, -0.1) is 11.3 Å². The summed E-state index contributed by atoms with van der Waals surface area (Å²) >= 11 is 8.09. The van der Waals surface area contributed by atoms with Crippen molar-refractivity contribution in [2.75, 3.05) is 5.32 Å². The predicted molar refractivity (Wildman–Crippen MR) is 107 cm³/mol. The molecule has 0 aliphatic rings. The van der Waals surface area contributed by atoms with Crippen LogP contribution in [-0.2, 0) is 0 Å². The van der Waals surface area contributed by atoms with Gasteiger partial charge < -0.3 is 4.42 Å². The number of anilines is 1. The molecule has 1 aromatic carbocycles. The Bertz CT molecular complexity index is 1110. The van der Waals surface area contributed by atoms with Crippen molar-refractivity contribution in [3.63, 3.8) is 0 Å². The first-order valence-corrected chi connectivity index (χ1v) is 9.38. The van der Waals surface area contributed by atoms with Gasteiger partial charge in [-0.05, 0) is 53.8 Å². The second kappa shape index (κ2) is 7.34. The van der Waals surface area contributed by atoms with E-state index in [1.807, 2.05) is 25.1 Å². The van der Waals surface area contributed by atoms with Gasteiger partial charge in [0.05, 0.1) is 6.20 Å². The molecule has 0 bridgehead atoms. The van der Waals surface area contributed by atoms with Crippen LogP contribution in [0.5, 0.6) is 0 Å². The van der Waals surface area contributed by atoms with Crippen LogP contribution in [0.15, 0.2) is 64.9 Å². The SMILES string of the molecule is Cc1cc(-c2cc(-c3ccc(C(=O)Nc4ncco4)cc3Cl)cs2)ccn1. The van der Waals surface area contributed by atoms with Gasteiger partial charge in [0.25, 0.3) is 5.91 Å². The summed E-state index contributed by atoms with van der Waals surface area (Å²) in [4.78, 5) is 21.5. The average Bonchev–Trinajstić information content (AvgIpc) is 3.33. The van der Waals surface area contributed by atoms with E-state index in [2.05, 4.69) is 26.7 Å². The van der Waals surface area contributed by atoms with E-state index in [0.717, 1.165) is 27.3 Å². The maximum Gasteiger partial charge on any atom is 0.301 e. The molecular weight excluding hydrogens is 382 g/mol. The summed E-state index contributed by atoms with van der Waals surface area (Å²) in [6.45, 7) is 1.97. The van der Waals surface area contributed by atoms with Crippen molar-refractivity contribution in [2.45, 2.75) is 6.92 Å². The molecule has 3 aromatic heterocycles. The van der Waals surface area contributed by atoms with Crippen molar-refractivity contribution >= 4 is 34.9 Å². The van der Waals surface area contributed by atoms with Crippen LogP contribution >= 0.6 is 22.9 Å². The maximum atomic E-state index is 12.3. The van der Waals surface area contributed by atoms with Crippen molar-refractivity contribution in [3.8, 4) is 21.6 Å². The number of amides is 1. The zero-order valence-electron chi connectivity index (χ0n) is 14.3. The van der Waals surface area contributed by atoms with E-state index in [0.29, 0.717) is 10.6 Å². The Hall–Kier alpha value is -2.96. The van der Waals surface area contributed by atoms with Gasteiger partial charge in [0.2, 0.25) is 0 Å². The second-order valence-corrected chi connectivity index (χ2v) is 7.19. The smallest absolute Gasteiger partial charge is 0.301 e. The minimum Gasteiger partial charge on any atom is -0.432 e. The largest absolute Gasteiger partial charge is 0.432 e. The van der Waals surface area contributed by atoms with E-state index in [1.54, 1.807) is 29.7 Å². The molecule has 0 saturated carbocycles. The molecule has 7 heteroatoms. The molecule has 0 radical (unpaired) electrons. The number of hydrogen-bond donors (Lipinski definition) is 1. The van der Waals surface area contributed by atoms with Gasteiger partial charge in [-0.1, -0.05) is 17.7 Å². The summed E-state index contributed by atoms with van der Waals surface area (Å²) in [6, 6.07) is 11.5. The highest BCUT2D eigenvalue weighted by atomic mass is 35.5. The van der Waals surface area contributed by atoms with E-state index in [4.69, 9.17) is 16.0 Å². The maximum absolute atomic E-state index is 12.3. The van der Waals surface area contributed by atoms with Gasteiger partial charge >= 0.3 is 6.01 Å². The monoisotopic (exact) mass is 395 g/mol. The predicted octanol–water partition coefficient (Wildman–Crippen LogP) is 5.68. The Labute approximate surface area is 164 Å². The molecule has 5 nitrogen and oxygen atoms in total. The third-order valence-electron chi connectivity index (χ3n) is 3.98. The lowest BCUT2D eigenvalue weighted by atomic mass is 10.0. The third kappa shape index (κ3) is 3.77. The number of rotatable bonds is 4. The third-order valence-corrected chi connectivity index (χ3v) is 5.27. The minimum absolute atomic E-state index is 0.148. The van der Waals surface area contributed by atoms with E-state index >= 15 is 0 Å². The van der Waals surface area contributed by atoms with Gasteiger partial charge in [0.15, 0.2) is 0 Å². The zero-order valence-corrected chi connectivity index (χ0v) is 15.8. The lowest BCUT2D eigenvalue weighted by molar-refractivity contribution is 0.102. The lowest BCUT2D eigenvalue weighted by Gasteiger charge is -2.06. The molecule has 4 aromatic rings. The molecule has 0 saturated heterocycles. The molecule has 1 N–H and O–H groups in total. The summed E-state index contributed by atoms with van der Waals surface area (Å²) in [7, 11) is 0. The summed E-state index contributed by atoms with van der Waals surface area (Å²) in [6.07, 6.45) is 4.66. The molecule has 4 rings (SSSR count). The number of nitrogens with one attached hydrogen (secondary N) is 1. The van der Waals surface area contributed by atoms with Gasteiger partial charge in [-0.3, -0.25) is 15.1 Å². The fraction of sp³-hybridized carbons (Fsp3) is 0.0500. The molecule has 0 spiro atoms. The highest BCUT2D eigenvalue weighted by Gasteiger charge is 2.13. The second-order valence-electron chi connectivity index (χ2n) is 5.87. The van der Waals surface area contributed by atoms with Crippen LogP contribution in [0, 0.1) is 6.92 Å². The topological polar surface area (TPSA) is 68.0 Å². The van der Waals surface area contributed by atoms with Gasteiger partial charge in [0.1, 0.15) is 6.26 Å². The first kappa shape index (κ1) is 17.5. The summed E-state index contributed by atoms with van der Waals surface area (Å²) in [5.41, 5.74) is 4.41. The molecule has 1 amide bonds. The number of aromatic nitrogens is 2. The number of halogens is 1. The number of pyridine rings is 1. The standard InChI is InChI=1S/C20H14ClN3O2S/c1-12-8-13(4-5-22-12)18-10-15(11-27-18)16-3-2-14(9-17(16)21)19(25)24-20-23-6-7-26-20/h2-11H,1H3,(H,23,24,25). The molecule has 3 heterocycles. The normalized spacial score (nSPS) is 10.7. The number of oxazole rings is 1. The van der Waals surface area contributed by atoms with Crippen LogP contribution in [0.4, 0.5) is 6.01 Å². The zero-order chi connectivity index (χ0) is 18.8. The van der Waals surface area contributed by atoms with Crippen molar-refractivity contribution in [3.05, 3.63) is 76.7 Å². The first-order chi connectivity index (χ1) is 13.1. The quantitative estimate of drug-likeness (QED) is 0.482. The van der Waals surface area contributed by atoms with Crippen LogP contribution in [0.1, 0.15) is 16.1 Å². The molecule has 0 aliphatic heterocycles. The molecule has 0 unspecified atom stereocenters. The average molecular weight is 396 g/mol. The summed E-state index contributed by atoms with van der Waals surface area (Å²) < 4.78 is 5.02. The van der Waals surface area contributed by atoms with Crippen molar-refractivity contribution in [2.24, 2.45) is 0 Å². The fourth-order valence-corrected chi connectivity index (χ4v) is 3.87. The van der Waals surface area contributed by atoms with E-state index in [9.17, 15) is 4.79 Å². The molecular formula is C20H14ClN3O2S. The Balaban J connectivity index is 1.59. The molecule has 0 aliphatic carbocycles. The molecule has 0 fully saturated rings. The Morgan fingerprint density at radius 1 is 1.11 bits per heavy atom. The molecule has 27 heavy (non-hydrogen) atoms. The van der Waals surface area contributed by atoms with Crippen LogP contribution in [0.25, 0.3) is 21.6 Å². The number of benzene rings is 1. The van der Waals surface area contributed by atoms with Crippen LogP contribution in [-0.4, -0.2) is 15.9 Å². The van der Waals surface area contributed by atoms with E-state index in [1.165, 1.54) is 12.5 Å². The minimum atomic E-state index is -0.329. The summed E-state index contributed by atoms with van der Waals surface area (Å²) in [5.74, 6) is -0.329. The Kier molecular flexibility index (Phi) is 4.75. The van der Waals surface area contributed by atoms with Crippen molar-refractivity contribution in [1.82, 2.24) is 9.97 Å². The van der Waals surface area contributed by atoms with Gasteiger partial charge in [0, 0.05) is 32.9 Å². The van der Waals surface area contributed by atoms with Crippen molar-refractivity contribution in [1.29, 1.82) is 0 Å². The highest BCUT2D eigenvalue weighted by molar-refractivity contribution is 7.14. The Morgan fingerprint density at radius 3 is 2.74 bits per heavy atom. The Morgan fingerprint density at radius 2 is 2.00 bits per heavy atom. The number of carbonyl (C=O) groups is 1. The number of carbonyl (C=O) groups excluding carboxylic acids is 1. The fourth-order valence-electron chi connectivity index (χ4n) is 2.67. The number of thiophene rings is 1. The van der Waals surface area contributed by atoms with Crippen molar-refractivity contribution < 1.29 is 9.21 Å². The molecule has 0 atom stereocenters. The number of hydrogen-bond acceptors (Lipinski definition) is 5. The van der Waals surface area contributed by atoms with E-state index in [-0.39, 0.29) is 11.9 Å². The van der Waals surface area contributed by atoms with E-state index < -0.39 is 0 Å². The number of aryl methyl sites for hydroxylation is 1. The van der Waals surface area contributed by atoms with Gasteiger partial charge in [-0.2, -0.15) is 0 Å². The van der Waals surface area contributed by atoms with Gasteiger partial charge in [-0.25, -0.2) is 4.98 Å².